The zero-order valence-corrected chi connectivity index (χ0v) is 16.1. The van der Waals surface area contributed by atoms with Crippen LogP contribution in [0.15, 0.2) is 54.6 Å². The largest absolute Gasteiger partial charge is 0.336 e. The summed E-state index contributed by atoms with van der Waals surface area (Å²) in [6.45, 7) is 2.76. The molecule has 0 radical (unpaired) electrons. The summed E-state index contributed by atoms with van der Waals surface area (Å²) in [5, 5.41) is 8.90. The Morgan fingerprint density at radius 3 is 2.28 bits per heavy atom. The lowest BCUT2D eigenvalue weighted by Gasteiger charge is -2.35. The van der Waals surface area contributed by atoms with E-state index in [1.54, 1.807) is 9.80 Å². The highest BCUT2D eigenvalue weighted by Crippen LogP contribution is 2.15. The normalized spacial score (nSPS) is 14.3. The van der Waals surface area contributed by atoms with E-state index in [4.69, 9.17) is 5.26 Å². The molecule has 0 aliphatic carbocycles. The average molecular weight is 394 g/mol. The number of carbonyl (C=O) groups excluding carboxylic acids is 2. The molecule has 0 aromatic heterocycles. The van der Waals surface area contributed by atoms with E-state index in [2.05, 4.69) is 6.07 Å². The summed E-state index contributed by atoms with van der Waals surface area (Å²) in [6.07, 6.45) is 0.264. The number of benzene rings is 2. The minimum Gasteiger partial charge on any atom is -0.336 e. The van der Waals surface area contributed by atoms with Gasteiger partial charge in [-0.05, 0) is 36.4 Å². The number of anilines is 1. The zero-order chi connectivity index (χ0) is 20.6. The molecule has 1 fully saturated rings. The van der Waals surface area contributed by atoms with Crippen molar-refractivity contribution < 1.29 is 14.0 Å². The molecule has 150 valence electrons. The first-order chi connectivity index (χ1) is 14.1. The number of piperazine rings is 1. The smallest absolute Gasteiger partial charge is 0.253 e. The second-order valence-electron chi connectivity index (χ2n) is 6.86. The van der Waals surface area contributed by atoms with Gasteiger partial charge in [0, 0.05) is 44.0 Å². The first-order valence-corrected chi connectivity index (χ1v) is 9.58. The molecule has 6 nitrogen and oxygen atoms in total. The van der Waals surface area contributed by atoms with Crippen molar-refractivity contribution in [3.8, 4) is 6.07 Å². The van der Waals surface area contributed by atoms with Crippen LogP contribution in [-0.4, -0.2) is 60.9 Å². The maximum absolute atomic E-state index is 13.0. The lowest BCUT2D eigenvalue weighted by molar-refractivity contribution is -0.120. The highest BCUT2D eigenvalue weighted by Gasteiger charge is 2.25. The van der Waals surface area contributed by atoms with Gasteiger partial charge >= 0.3 is 0 Å². The van der Waals surface area contributed by atoms with E-state index < -0.39 is 0 Å². The van der Waals surface area contributed by atoms with Crippen LogP contribution >= 0.6 is 0 Å². The molecule has 3 rings (SSSR count). The number of amides is 2. The van der Waals surface area contributed by atoms with Gasteiger partial charge in [-0.1, -0.05) is 18.2 Å². The SMILES string of the molecule is N#CCCN(C(=O)CN1CCN(C(=O)c2ccc(F)cc2)CC1)c1ccccc1. The minimum absolute atomic E-state index is 0.0650. The van der Waals surface area contributed by atoms with Crippen molar-refractivity contribution in [2.75, 3.05) is 44.2 Å². The van der Waals surface area contributed by atoms with Gasteiger partial charge in [0.05, 0.1) is 19.0 Å². The Balaban J connectivity index is 1.56. The Hall–Kier alpha value is -3.24. The quantitative estimate of drug-likeness (QED) is 0.755. The second kappa shape index (κ2) is 9.80. The van der Waals surface area contributed by atoms with Crippen LogP contribution in [0.4, 0.5) is 10.1 Å². The Bertz CT molecular complexity index is 872. The van der Waals surface area contributed by atoms with E-state index in [0.29, 0.717) is 38.3 Å². The molecule has 0 saturated carbocycles. The van der Waals surface area contributed by atoms with Crippen LogP contribution in [0.25, 0.3) is 0 Å². The Labute approximate surface area is 169 Å². The molecule has 29 heavy (non-hydrogen) atoms. The maximum atomic E-state index is 13.0. The predicted octanol–water partition coefficient (Wildman–Crippen LogP) is 2.53. The third-order valence-corrected chi connectivity index (χ3v) is 4.93. The van der Waals surface area contributed by atoms with Crippen LogP contribution in [0.5, 0.6) is 0 Å². The molecular formula is C22H23FN4O2. The van der Waals surface area contributed by atoms with Crippen LogP contribution in [0.3, 0.4) is 0 Å². The first kappa shape index (κ1) is 20.5. The van der Waals surface area contributed by atoms with Gasteiger partial charge in [-0.25, -0.2) is 4.39 Å². The Morgan fingerprint density at radius 1 is 1.00 bits per heavy atom. The maximum Gasteiger partial charge on any atom is 0.253 e. The lowest BCUT2D eigenvalue weighted by Crippen LogP contribution is -2.51. The molecule has 0 bridgehead atoms. The molecule has 0 unspecified atom stereocenters. The van der Waals surface area contributed by atoms with E-state index in [1.165, 1.54) is 24.3 Å². The van der Waals surface area contributed by atoms with Crippen molar-refractivity contribution in [3.05, 3.63) is 66.0 Å². The molecule has 2 aromatic rings. The molecule has 1 heterocycles. The van der Waals surface area contributed by atoms with Gasteiger partial charge in [0.25, 0.3) is 5.91 Å². The van der Waals surface area contributed by atoms with E-state index in [9.17, 15) is 14.0 Å². The molecule has 1 saturated heterocycles. The monoisotopic (exact) mass is 394 g/mol. The number of para-hydroxylation sites is 1. The molecule has 2 aromatic carbocycles. The van der Waals surface area contributed by atoms with E-state index >= 15 is 0 Å². The van der Waals surface area contributed by atoms with Crippen molar-refractivity contribution in [1.29, 1.82) is 5.26 Å². The molecular weight excluding hydrogens is 371 g/mol. The van der Waals surface area contributed by atoms with Gasteiger partial charge < -0.3 is 9.80 Å². The topological polar surface area (TPSA) is 67.7 Å². The van der Waals surface area contributed by atoms with Crippen LogP contribution in [0.1, 0.15) is 16.8 Å². The van der Waals surface area contributed by atoms with E-state index in [-0.39, 0.29) is 30.6 Å². The fraction of sp³-hybridized carbons (Fsp3) is 0.318. The molecule has 0 spiro atoms. The van der Waals surface area contributed by atoms with Crippen molar-refractivity contribution >= 4 is 17.5 Å². The van der Waals surface area contributed by atoms with Crippen LogP contribution < -0.4 is 4.90 Å². The number of rotatable bonds is 6. The number of hydrogen-bond donors (Lipinski definition) is 0. The Kier molecular flexibility index (Phi) is 6.93. The second-order valence-corrected chi connectivity index (χ2v) is 6.86. The van der Waals surface area contributed by atoms with Gasteiger partial charge in [-0.3, -0.25) is 14.5 Å². The van der Waals surface area contributed by atoms with Crippen molar-refractivity contribution in [3.63, 3.8) is 0 Å². The van der Waals surface area contributed by atoms with Gasteiger partial charge in [0.1, 0.15) is 5.82 Å². The fourth-order valence-corrected chi connectivity index (χ4v) is 3.33. The van der Waals surface area contributed by atoms with Gasteiger partial charge in [-0.2, -0.15) is 5.26 Å². The summed E-state index contributed by atoms with van der Waals surface area (Å²) in [7, 11) is 0. The summed E-state index contributed by atoms with van der Waals surface area (Å²) < 4.78 is 13.0. The molecule has 1 aliphatic rings. The van der Waals surface area contributed by atoms with Gasteiger partial charge in [0.15, 0.2) is 0 Å². The van der Waals surface area contributed by atoms with Crippen LogP contribution in [-0.2, 0) is 4.79 Å². The van der Waals surface area contributed by atoms with Crippen molar-refractivity contribution in [1.82, 2.24) is 9.80 Å². The summed E-state index contributed by atoms with van der Waals surface area (Å²) in [5.74, 6) is -0.565. The molecule has 7 heteroatoms. The van der Waals surface area contributed by atoms with Crippen LogP contribution in [0.2, 0.25) is 0 Å². The lowest BCUT2D eigenvalue weighted by atomic mass is 10.1. The fourth-order valence-electron chi connectivity index (χ4n) is 3.33. The highest BCUT2D eigenvalue weighted by molar-refractivity contribution is 5.95. The summed E-state index contributed by atoms with van der Waals surface area (Å²) in [4.78, 5) is 30.7. The molecule has 0 N–H and O–H groups in total. The molecule has 1 aliphatic heterocycles. The van der Waals surface area contributed by atoms with E-state index in [0.717, 1.165) is 5.69 Å². The number of hydrogen-bond acceptors (Lipinski definition) is 4. The summed E-state index contributed by atoms with van der Waals surface area (Å²) in [5.41, 5.74) is 1.24. The third kappa shape index (κ3) is 5.39. The van der Waals surface area contributed by atoms with Gasteiger partial charge in [-0.15, -0.1) is 0 Å². The predicted molar refractivity (Wildman–Crippen MR) is 108 cm³/mol. The number of nitriles is 1. The zero-order valence-electron chi connectivity index (χ0n) is 16.1. The summed E-state index contributed by atoms with van der Waals surface area (Å²) in [6, 6.07) is 16.9. The Morgan fingerprint density at radius 2 is 1.66 bits per heavy atom. The van der Waals surface area contributed by atoms with Crippen molar-refractivity contribution in [2.45, 2.75) is 6.42 Å². The number of nitrogens with zero attached hydrogens (tertiary/aromatic N) is 4. The van der Waals surface area contributed by atoms with Gasteiger partial charge in [0.2, 0.25) is 5.91 Å². The minimum atomic E-state index is -0.371. The third-order valence-electron chi connectivity index (χ3n) is 4.93. The first-order valence-electron chi connectivity index (χ1n) is 9.58. The molecule has 0 atom stereocenters. The van der Waals surface area contributed by atoms with E-state index in [1.807, 2.05) is 35.2 Å². The van der Waals surface area contributed by atoms with Crippen molar-refractivity contribution in [2.24, 2.45) is 0 Å². The van der Waals surface area contributed by atoms with Crippen LogP contribution in [0, 0.1) is 17.1 Å². The number of halogens is 1. The number of carbonyl (C=O) groups is 2. The summed E-state index contributed by atoms with van der Waals surface area (Å²) >= 11 is 0. The highest BCUT2D eigenvalue weighted by atomic mass is 19.1. The average Bonchev–Trinajstić information content (AvgIpc) is 2.75. The standard InChI is InChI=1S/C22H23FN4O2/c23-19-9-7-18(8-10-19)22(29)26-15-13-25(14-16-26)17-21(28)27(12-4-11-24)20-5-2-1-3-6-20/h1-3,5-10H,4,12-17H2. The molecule has 2 amide bonds.